The Morgan fingerprint density at radius 2 is 1.43 bits per heavy atom. The zero-order valence-corrected chi connectivity index (χ0v) is 28.3. The van der Waals surface area contributed by atoms with E-state index in [-0.39, 0.29) is 29.7 Å². The van der Waals surface area contributed by atoms with Crippen molar-refractivity contribution in [3.05, 3.63) is 131 Å². The standard InChI is InChI=1S/C38H45N3O4S/c1-6-23-39-38(43)36(25-31-12-8-7-9-13-31)40(26-32-14-10-11-30(5)24-32)37(42)27-41(34-19-17-33(18-20-34)28(2)3)46(44,45)35-21-15-29(4)16-22-35/h7-22,24,28,36H,6,23,25-27H2,1-5H3,(H,39,43). The second-order valence-corrected chi connectivity index (χ2v) is 13.9. The molecule has 1 unspecified atom stereocenters. The van der Waals surface area contributed by atoms with E-state index in [4.69, 9.17) is 0 Å². The second kappa shape index (κ2) is 15.7. The molecule has 4 aromatic carbocycles. The van der Waals surface area contributed by atoms with Crippen molar-refractivity contribution >= 4 is 27.5 Å². The van der Waals surface area contributed by atoms with Crippen molar-refractivity contribution in [2.75, 3.05) is 17.4 Å². The third-order valence-corrected chi connectivity index (χ3v) is 9.78. The highest BCUT2D eigenvalue weighted by atomic mass is 32.2. The molecule has 8 heteroatoms. The van der Waals surface area contributed by atoms with Crippen LogP contribution in [0.1, 0.15) is 60.9 Å². The van der Waals surface area contributed by atoms with Gasteiger partial charge in [-0.3, -0.25) is 13.9 Å². The fourth-order valence-electron chi connectivity index (χ4n) is 5.32. The summed E-state index contributed by atoms with van der Waals surface area (Å²) < 4.78 is 29.6. The molecule has 0 bridgehead atoms. The minimum Gasteiger partial charge on any atom is -0.354 e. The highest BCUT2D eigenvalue weighted by Crippen LogP contribution is 2.27. The SMILES string of the molecule is CCCNC(=O)C(Cc1ccccc1)N(Cc1cccc(C)c1)C(=O)CN(c1ccc(C(C)C)cc1)S(=O)(=O)c1ccc(C)cc1. The molecule has 242 valence electrons. The Morgan fingerprint density at radius 1 is 0.783 bits per heavy atom. The van der Waals surface area contributed by atoms with Crippen LogP contribution < -0.4 is 9.62 Å². The van der Waals surface area contributed by atoms with Crippen LogP contribution in [0.4, 0.5) is 5.69 Å². The first-order chi connectivity index (χ1) is 22.0. The summed E-state index contributed by atoms with van der Waals surface area (Å²) in [5.74, 6) is -0.498. The summed E-state index contributed by atoms with van der Waals surface area (Å²) in [6, 6.07) is 30.4. The Hall–Kier alpha value is -4.43. The minimum atomic E-state index is -4.15. The normalized spacial score (nSPS) is 12.0. The molecule has 0 fully saturated rings. The molecule has 46 heavy (non-hydrogen) atoms. The number of nitrogens with one attached hydrogen (secondary N) is 1. The van der Waals surface area contributed by atoms with Crippen LogP contribution in [0.15, 0.2) is 108 Å². The van der Waals surface area contributed by atoms with Crippen molar-refractivity contribution in [2.45, 2.75) is 70.9 Å². The highest BCUT2D eigenvalue weighted by molar-refractivity contribution is 7.92. The number of aryl methyl sites for hydroxylation is 2. The fraction of sp³-hybridized carbons (Fsp3) is 0.316. The lowest BCUT2D eigenvalue weighted by Gasteiger charge is -2.34. The van der Waals surface area contributed by atoms with Gasteiger partial charge in [-0.15, -0.1) is 0 Å². The van der Waals surface area contributed by atoms with Crippen LogP contribution in [-0.4, -0.2) is 44.3 Å². The van der Waals surface area contributed by atoms with Gasteiger partial charge in [0, 0.05) is 19.5 Å². The highest BCUT2D eigenvalue weighted by Gasteiger charge is 2.34. The molecule has 0 saturated heterocycles. The number of nitrogens with zero attached hydrogens (tertiary/aromatic N) is 2. The summed E-state index contributed by atoms with van der Waals surface area (Å²) in [7, 11) is -4.15. The van der Waals surface area contributed by atoms with Crippen LogP contribution in [0.5, 0.6) is 0 Å². The Labute approximate surface area is 274 Å². The first kappa shape index (κ1) is 34.4. The first-order valence-electron chi connectivity index (χ1n) is 15.9. The molecule has 0 aliphatic rings. The van der Waals surface area contributed by atoms with Crippen LogP contribution in [0.25, 0.3) is 0 Å². The van der Waals surface area contributed by atoms with Gasteiger partial charge < -0.3 is 10.2 Å². The topological polar surface area (TPSA) is 86.8 Å². The monoisotopic (exact) mass is 639 g/mol. The van der Waals surface area contributed by atoms with Crippen LogP contribution in [0, 0.1) is 13.8 Å². The maximum absolute atomic E-state index is 14.6. The summed E-state index contributed by atoms with van der Waals surface area (Å²) in [6.07, 6.45) is 1.02. The van der Waals surface area contributed by atoms with Gasteiger partial charge in [-0.25, -0.2) is 8.42 Å². The minimum absolute atomic E-state index is 0.0885. The number of anilines is 1. The molecular weight excluding hydrogens is 595 g/mol. The van der Waals surface area contributed by atoms with Gasteiger partial charge in [0.25, 0.3) is 10.0 Å². The van der Waals surface area contributed by atoms with E-state index in [0.717, 1.165) is 38.5 Å². The number of rotatable bonds is 14. The third-order valence-electron chi connectivity index (χ3n) is 7.99. The number of benzene rings is 4. The van der Waals surface area contributed by atoms with Crippen molar-refractivity contribution in [2.24, 2.45) is 0 Å². The lowest BCUT2D eigenvalue weighted by Crippen LogP contribution is -2.53. The van der Waals surface area contributed by atoms with Gasteiger partial charge in [0.15, 0.2) is 0 Å². The summed E-state index contributed by atoms with van der Waals surface area (Å²) in [5.41, 5.74) is 5.13. The number of hydrogen-bond acceptors (Lipinski definition) is 4. The molecule has 4 rings (SSSR count). The van der Waals surface area contributed by atoms with E-state index in [0.29, 0.717) is 12.2 Å². The largest absolute Gasteiger partial charge is 0.354 e. The van der Waals surface area contributed by atoms with Crippen LogP contribution in [-0.2, 0) is 32.6 Å². The molecule has 2 amide bonds. The Kier molecular flexibility index (Phi) is 11.8. The van der Waals surface area contributed by atoms with E-state index in [9.17, 15) is 18.0 Å². The predicted molar refractivity (Wildman–Crippen MR) is 185 cm³/mol. The third kappa shape index (κ3) is 8.85. The lowest BCUT2D eigenvalue weighted by atomic mass is 10.0. The molecule has 1 atom stereocenters. The number of hydrogen-bond donors (Lipinski definition) is 1. The molecule has 0 spiro atoms. The summed E-state index contributed by atoms with van der Waals surface area (Å²) >= 11 is 0. The Morgan fingerprint density at radius 3 is 2.04 bits per heavy atom. The predicted octanol–water partition coefficient (Wildman–Crippen LogP) is 6.79. The second-order valence-electron chi connectivity index (χ2n) is 12.1. The molecule has 0 radical (unpaired) electrons. The quantitative estimate of drug-likeness (QED) is 0.165. The van der Waals surface area contributed by atoms with Crippen LogP contribution in [0.3, 0.4) is 0 Å². The summed E-state index contributed by atoms with van der Waals surface area (Å²) in [5, 5.41) is 2.98. The van der Waals surface area contributed by atoms with Crippen LogP contribution >= 0.6 is 0 Å². The van der Waals surface area contributed by atoms with E-state index in [1.54, 1.807) is 36.4 Å². The average Bonchev–Trinajstić information content (AvgIpc) is 3.04. The van der Waals surface area contributed by atoms with E-state index < -0.39 is 28.5 Å². The van der Waals surface area contributed by atoms with Gasteiger partial charge in [0.2, 0.25) is 11.8 Å². The number of amides is 2. The van der Waals surface area contributed by atoms with Gasteiger partial charge >= 0.3 is 0 Å². The van der Waals surface area contributed by atoms with Crippen molar-refractivity contribution in [1.82, 2.24) is 10.2 Å². The molecule has 7 nitrogen and oxygen atoms in total. The van der Waals surface area contributed by atoms with Gasteiger partial charge in [-0.1, -0.05) is 111 Å². The fourth-order valence-corrected chi connectivity index (χ4v) is 6.73. The zero-order valence-electron chi connectivity index (χ0n) is 27.4. The van der Waals surface area contributed by atoms with Crippen molar-refractivity contribution in [1.29, 1.82) is 0 Å². The number of sulfonamides is 1. The van der Waals surface area contributed by atoms with Crippen molar-refractivity contribution in [3.63, 3.8) is 0 Å². The first-order valence-corrected chi connectivity index (χ1v) is 17.3. The number of carbonyl (C=O) groups excluding carboxylic acids is 2. The van der Waals surface area contributed by atoms with E-state index in [1.165, 1.54) is 4.90 Å². The number of carbonyl (C=O) groups is 2. The molecule has 0 heterocycles. The molecule has 0 saturated carbocycles. The molecule has 0 aromatic heterocycles. The maximum Gasteiger partial charge on any atom is 0.264 e. The summed E-state index contributed by atoms with van der Waals surface area (Å²) in [6.45, 7) is 10.1. The van der Waals surface area contributed by atoms with Crippen LogP contribution in [0.2, 0.25) is 0 Å². The van der Waals surface area contributed by atoms with E-state index in [2.05, 4.69) is 19.2 Å². The Bertz CT molecular complexity index is 1700. The smallest absolute Gasteiger partial charge is 0.264 e. The molecule has 4 aromatic rings. The Balaban J connectivity index is 1.80. The van der Waals surface area contributed by atoms with E-state index in [1.807, 2.05) is 87.5 Å². The maximum atomic E-state index is 14.6. The molecule has 1 N–H and O–H groups in total. The summed E-state index contributed by atoms with van der Waals surface area (Å²) in [4.78, 5) is 30.0. The molecule has 0 aliphatic carbocycles. The molecular formula is C38H45N3O4S. The lowest BCUT2D eigenvalue weighted by molar-refractivity contribution is -0.140. The van der Waals surface area contributed by atoms with Crippen molar-refractivity contribution < 1.29 is 18.0 Å². The van der Waals surface area contributed by atoms with Gasteiger partial charge in [0.05, 0.1) is 10.6 Å². The van der Waals surface area contributed by atoms with Gasteiger partial charge in [-0.2, -0.15) is 0 Å². The van der Waals surface area contributed by atoms with Gasteiger partial charge in [0.1, 0.15) is 12.6 Å². The van der Waals surface area contributed by atoms with E-state index >= 15 is 0 Å². The zero-order chi connectivity index (χ0) is 33.3. The van der Waals surface area contributed by atoms with Gasteiger partial charge in [-0.05, 0) is 67.1 Å². The molecule has 0 aliphatic heterocycles. The van der Waals surface area contributed by atoms with Crippen molar-refractivity contribution in [3.8, 4) is 0 Å². The average molecular weight is 640 g/mol.